The zero-order valence-electron chi connectivity index (χ0n) is 13.9. The molecule has 0 spiro atoms. The number of carboxylic acids is 1. The third-order valence-electron chi connectivity index (χ3n) is 3.41. The van der Waals surface area contributed by atoms with Crippen molar-refractivity contribution in [1.29, 1.82) is 0 Å². The first-order chi connectivity index (χ1) is 9.90. The third kappa shape index (κ3) is 5.39. The summed E-state index contributed by atoms with van der Waals surface area (Å²) in [6, 6.07) is 5.12. The molecule has 0 fully saturated rings. The lowest BCUT2D eigenvalue weighted by Gasteiger charge is -2.23. The number of anilines is 1. The Labute approximate surface area is 131 Å². The second-order valence-electron chi connectivity index (χ2n) is 7.44. The van der Waals surface area contributed by atoms with Crippen molar-refractivity contribution in [2.24, 2.45) is 5.41 Å². The van der Waals surface area contributed by atoms with E-state index in [1.807, 2.05) is 26.8 Å². The van der Waals surface area contributed by atoms with Crippen LogP contribution in [0.15, 0.2) is 18.2 Å². The van der Waals surface area contributed by atoms with Gasteiger partial charge in [-0.25, -0.2) is 0 Å². The standard InChI is InChI=1S/C17H25NO4/c1-16(2,3)11-6-7-13(19)12(8-11)18-14(20)9-17(4,5)10-15(21)22/h6-8,19H,9-10H2,1-5H3,(H,18,20)(H,21,22). The van der Waals surface area contributed by atoms with E-state index in [0.717, 1.165) is 5.56 Å². The van der Waals surface area contributed by atoms with Gasteiger partial charge in [0.2, 0.25) is 5.91 Å². The average Bonchev–Trinajstić information content (AvgIpc) is 2.27. The third-order valence-corrected chi connectivity index (χ3v) is 3.41. The van der Waals surface area contributed by atoms with Crippen LogP contribution in [0.5, 0.6) is 5.75 Å². The molecule has 0 aliphatic rings. The van der Waals surface area contributed by atoms with Gasteiger partial charge in [-0.15, -0.1) is 0 Å². The fourth-order valence-corrected chi connectivity index (χ4v) is 2.20. The zero-order valence-corrected chi connectivity index (χ0v) is 13.9. The highest BCUT2D eigenvalue weighted by atomic mass is 16.4. The molecule has 1 amide bonds. The van der Waals surface area contributed by atoms with Crippen molar-refractivity contribution in [3.05, 3.63) is 23.8 Å². The van der Waals surface area contributed by atoms with Crippen LogP contribution in [0.2, 0.25) is 0 Å². The number of phenols is 1. The van der Waals surface area contributed by atoms with Gasteiger partial charge in [-0.05, 0) is 28.5 Å². The number of rotatable bonds is 5. The van der Waals surface area contributed by atoms with Crippen molar-refractivity contribution in [3.63, 3.8) is 0 Å². The number of aromatic hydroxyl groups is 1. The molecule has 0 saturated heterocycles. The van der Waals surface area contributed by atoms with Crippen LogP contribution in [0.1, 0.15) is 53.0 Å². The summed E-state index contributed by atoms with van der Waals surface area (Å²) in [4.78, 5) is 22.9. The number of benzene rings is 1. The van der Waals surface area contributed by atoms with E-state index in [0.29, 0.717) is 5.69 Å². The number of aliphatic carboxylic acids is 1. The van der Waals surface area contributed by atoms with Crippen LogP contribution in [0.3, 0.4) is 0 Å². The number of phenolic OH excluding ortho intramolecular Hbond substituents is 1. The Bertz CT molecular complexity index is 571. The van der Waals surface area contributed by atoms with Crippen molar-refractivity contribution in [2.45, 2.75) is 52.9 Å². The highest BCUT2D eigenvalue weighted by molar-refractivity contribution is 5.93. The molecule has 22 heavy (non-hydrogen) atoms. The van der Waals surface area contributed by atoms with Crippen LogP contribution < -0.4 is 5.32 Å². The van der Waals surface area contributed by atoms with E-state index in [-0.39, 0.29) is 29.9 Å². The van der Waals surface area contributed by atoms with E-state index in [2.05, 4.69) is 5.32 Å². The summed E-state index contributed by atoms with van der Waals surface area (Å²) in [7, 11) is 0. The van der Waals surface area contributed by atoms with E-state index in [4.69, 9.17) is 5.11 Å². The van der Waals surface area contributed by atoms with Crippen LogP contribution in [-0.2, 0) is 15.0 Å². The van der Waals surface area contributed by atoms with Crippen LogP contribution in [-0.4, -0.2) is 22.1 Å². The maximum atomic E-state index is 12.1. The SMILES string of the molecule is CC(C)(CC(=O)O)CC(=O)Nc1cc(C(C)(C)C)ccc1O. The summed E-state index contributed by atoms with van der Waals surface area (Å²) < 4.78 is 0. The highest BCUT2D eigenvalue weighted by Gasteiger charge is 2.26. The molecule has 5 heteroatoms. The van der Waals surface area contributed by atoms with Crippen LogP contribution in [0, 0.1) is 5.41 Å². The highest BCUT2D eigenvalue weighted by Crippen LogP contribution is 2.32. The minimum atomic E-state index is -0.935. The molecule has 0 saturated carbocycles. The Morgan fingerprint density at radius 3 is 2.18 bits per heavy atom. The zero-order chi connectivity index (χ0) is 17.1. The summed E-state index contributed by atoms with van der Waals surface area (Å²) in [5.74, 6) is -1.25. The molecule has 1 aromatic rings. The fraction of sp³-hybridized carbons (Fsp3) is 0.529. The maximum absolute atomic E-state index is 12.1. The molecule has 3 N–H and O–H groups in total. The summed E-state index contributed by atoms with van der Waals surface area (Å²) in [6.07, 6.45) is -0.0209. The monoisotopic (exact) mass is 307 g/mol. The molecule has 0 heterocycles. The molecule has 0 bridgehead atoms. The summed E-state index contributed by atoms with van der Waals surface area (Å²) in [6.45, 7) is 9.58. The predicted octanol–water partition coefficient (Wildman–Crippen LogP) is 3.52. The minimum absolute atomic E-state index is 0.00242. The molecule has 5 nitrogen and oxygen atoms in total. The van der Waals surface area contributed by atoms with Gasteiger partial charge in [-0.2, -0.15) is 0 Å². The largest absolute Gasteiger partial charge is 0.506 e. The Kier molecular flexibility index (Phi) is 5.22. The quantitative estimate of drug-likeness (QED) is 0.726. The molecular weight excluding hydrogens is 282 g/mol. The second kappa shape index (κ2) is 6.38. The number of carboxylic acid groups (broad SMARTS) is 1. The second-order valence-corrected chi connectivity index (χ2v) is 7.44. The van der Waals surface area contributed by atoms with Gasteiger partial charge in [-0.1, -0.05) is 40.7 Å². The Hall–Kier alpha value is -2.04. The van der Waals surface area contributed by atoms with Gasteiger partial charge in [0.1, 0.15) is 5.75 Å². The van der Waals surface area contributed by atoms with E-state index in [1.54, 1.807) is 26.0 Å². The normalized spacial score (nSPS) is 12.0. The van der Waals surface area contributed by atoms with Crippen LogP contribution in [0.4, 0.5) is 5.69 Å². The van der Waals surface area contributed by atoms with E-state index < -0.39 is 11.4 Å². The maximum Gasteiger partial charge on any atom is 0.303 e. The van der Waals surface area contributed by atoms with Crippen LogP contribution >= 0.6 is 0 Å². The first-order valence-corrected chi connectivity index (χ1v) is 7.26. The van der Waals surface area contributed by atoms with Crippen molar-refractivity contribution in [2.75, 3.05) is 5.32 Å². The molecule has 1 aromatic carbocycles. The fourth-order valence-electron chi connectivity index (χ4n) is 2.20. The summed E-state index contributed by atoms with van der Waals surface area (Å²) >= 11 is 0. The Balaban J connectivity index is 2.86. The lowest BCUT2D eigenvalue weighted by molar-refractivity contribution is -0.139. The molecular formula is C17H25NO4. The summed E-state index contributed by atoms with van der Waals surface area (Å²) in [5, 5.41) is 21.4. The van der Waals surface area contributed by atoms with Gasteiger partial charge < -0.3 is 15.5 Å². The average molecular weight is 307 g/mol. The van der Waals surface area contributed by atoms with E-state index >= 15 is 0 Å². The van der Waals surface area contributed by atoms with Gasteiger partial charge in [0.15, 0.2) is 0 Å². The topological polar surface area (TPSA) is 86.6 Å². The number of carbonyl (C=O) groups excluding carboxylic acids is 1. The molecule has 0 atom stereocenters. The van der Waals surface area contributed by atoms with Crippen molar-refractivity contribution >= 4 is 17.6 Å². The summed E-state index contributed by atoms with van der Waals surface area (Å²) in [5.41, 5.74) is 0.595. The van der Waals surface area contributed by atoms with Crippen molar-refractivity contribution in [1.82, 2.24) is 0 Å². The lowest BCUT2D eigenvalue weighted by Crippen LogP contribution is -2.25. The van der Waals surface area contributed by atoms with Crippen LogP contribution in [0.25, 0.3) is 0 Å². The Morgan fingerprint density at radius 1 is 1.09 bits per heavy atom. The van der Waals surface area contributed by atoms with Crippen molar-refractivity contribution < 1.29 is 19.8 Å². The number of amides is 1. The van der Waals surface area contributed by atoms with Gasteiger partial charge in [0, 0.05) is 6.42 Å². The lowest BCUT2D eigenvalue weighted by atomic mass is 9.85. The van der Waals surface area contributed by atoms with Gasteiger partial charge in [0.05, 0.1) is 12.1 Å². The minimum Gasteiger partial charge on any atom is -0.506 e. The Morgan fingerprint density at radius 2 is 1.68 bits per heavy atom. The number of nitrogens with one attached hydrogen (secondary N) is 1. The first kappa shape index (κ1) is 18.0. The first-order valence-electron chi connectivity index (χ1n) is 7.26. The molecule has 0 unspecified atom stereocenters. The smallest absolute Gasteiger partial charge is 0.303 e. The molecule has 0 radical (unpaired) electrons. The molecule has 0 aromatic heterocycles. The van der Waals surface area contributed by atoms with Crippen molar-refractivity contribution in [3.8, 4) is 5.75 Å². The number of carbonyl (C=O) groups is 2. The van der Waals surface area contributed by atoms with Gasteiger partial charge in [-0.3, -0.25) is 9.59 Å². The number of hydrogen-bond donors (Lipinski definition) is 3. The number of hydrogen-bond acceptors (Lipinski definition) is 3. The molecule has 0 aliphatic carbocycles. The van der Waals surface area contributed by atoms with E-state index in [9.17, 15) is 14.7 Å². The van der Waals surface area contributed by atoms with Gasteiger partial charge >= 0.3 is 5.97 Å². The molecule has 122 valence electrons. The molecule has 0 aliphatic heterocycles. The van der Waals surface area contributed by atoms with Gasteiger partial charge in [0.25, 0.3) is 0 Å². The van der Waals surface area contributed by atoms with E-state index in [1.165, 1.54) is 0 Å². The molecule has 1 rings (SSSR count). The predicted molar refractivity (Wildman–Crippen MR) is 86.1 cm³/mol.